The van der Waals surface area contributed by atoms with Gasteiger partial charge in [-0.1, -0.05) is 29.8 Å². The molecule has 24 heavy (non-hydrogen) atoms. The van der Waals surface area contributed by atoms with E-state index in [1.807, 2.05) is 27.0 Å². The average molecular weight is 327 g/mol. The van der Waals surface area contributed by atoms with Crippen LogP contribution in [0.2, 0.25) is 0 Å². The Labute approximate surface area is 143 Å². The predicted molar refractivity (Wildman–Crippen MR) is 93.7 cm³/mol. The smallest absolute Gasteiger partial charge is 0.410 e. The van der Waals surface area contributed by atoms with Gasteiger partial charge in [-0.05, 0) is 46.1 Å². The van der Waals surface area contributed by atoms with E-state index in [0.717, 1.165) is 29.9 Å². The van der Waals surface area contributed by atoms with E-state index in [2.05, 4.69) is 41.2 Å². The molecule has 1 aromatic carbocycles. The Balaban J connectivity index is 1.78. The number of aromatic nitrogens is 2. The quantitative estimate of drug-likeness (QED) is 0.886. The van der Waals surface area contributed by atoms with Crippen molar-refractivity contribution in [3.63, 3.8) is 0 Å². The number of carbonyl (C=O) groups excluding carboxylic acids is 1. The number of imidazole rings is 1. The van der Waals surface area contributed by atoms with Gasteiger partial charge in [-0.15, -0.1) is 0 Å². The first-order chi connectivity index (χ1) is 11.3. The minimum absolute atomic E-state index is 0.0425. The van der Waals surface area contributed by atoms with E-state index in [0.29, 0.717) is 6.54 Å². The summed E-state index contributed by atoms with van der Waals surface area (Å²) in [5, 5.41) is 0. The molecule has 3 rings (SSSR count). The molecule has 1 atom stereocenters. The van der Waals surface area contributed by atoms with Crippen molar-refractivity contribution in [2.24, 2.45) is 0 Å². The number of hydrogen-bond acceptors (Lipinski definition) is 3. The van der Waals surface area contributed by atoms with Crippen molar-refractivity contribution in [2.75, 3.05) is 6.54 Å². The van der Waals surface area contributed by atoms with Gasteiger partial charge in [0.25, 0.3) is 0 Å². The lowest BCUT2D eigenvalue weighted by Gasteiger charge is -2.27. The summed E-state index contributed by atoms with van der Waals surface area (Å²) in [6.45, 7) is 8.44. The van der Waals surface area contributed by atoms with Crippen molar-refractivity contribution in [3.8, 4) is 11.3 Å². The standard InChI is InChI=1S/C19H25N3O2/c1-13-7-9-14(10-8-13)15-12-20-17(21-15)16-6-5-11-22(16)18(23)24-19(2,3)4/h7-10,12,16H,5-6,11H2,1-4H3,(H,20,21)/t16-/m0/s1. The lowest BCUT2D eigenvalue weighted by atomic mass is 10.1. The van der Waals surface area contributed by atoms with Gasteiger partial charge in [0.15, 0.2) is 0 Å². The molecule has 1 N–H and O–H groups in total. The molecule has 2 aromatic rings. The molecule has 128 valence electrons. The SMILES string of the molecule is Cc1ccc(-c2cnc([C@@H]3CCCN3C(=O)OC(C)(C)C)[nH]2)cc1. The molecular weight excluding hydrogens is 302 g/mol. The number of rotatable bonds is 2. The van der Waals surface area contributed by atoms with E-state index in [4.69, 9.17) is 4.74 Å². The van der Waals surface area contributed by atoms with Gasteiger partial charge in [-0.25, -0.2) is 9.78 Å². The lowest BCUT2D eigenvalue weighted by Crippen LogP contribution is -2.36. The molecule has 0 radical (unpaired) electrons. The molecule has 1 aromatic heterocycles. The van der Waals surface area contributed by atoms with Crippen LogP contribution < -0.4 is 0 Å². The monoisotopic (exact) mass is 327 g/mol. The maximum absolute atomic E-state index is 12.4. The number of carbonyl (C=O) groups is 1. The molecule has 1 amide bonds. The number of aromatic amines is 1. The second-order valence-corrected chi connectivity index (χ2v) is 7.38. The first-order valence-corrected chi connectivity index (χ1v) is 8.45. The van der Waals surface area contributed by atoms with Crippen LogP contribution in [-0.4, -0.2) is 33.1 Å². The first kappa shape index (κ1) is 16.6. The van der Waals surface area contributed by atoms with Gasteiger partial charge in [0.2, 0.25) is 0 Å². The number of nitrogens with one attached hydrogen (secondary N) is 1. The van der Waals surface area contributed by atoms with Gasteiger partial charge in [-0.3, -0.25) is 4.90 Å². The summed E-state index contributed by atoms with van der Waals surface area (Å²) in [4.78, 5) is 22.1. The second kappa shape index (κ2) is 6.30. The zero-order valence-corrected chi connectivity index (χ0v) is 14.8. The molecule has 1 saturated heterocycles. The van der Waals surface area contributed by atoms with Crippen molar-refractivity contribution < 1.29 is 9.53 Å². The molecule has 1 aliphatic heterocycles. The Morgan fingerprint density at radius 1 is 1.29 bits per heavy atom. The van der Waals surface area contributed by atoms with Crippen molar-refractivity contribution in [1.82, 2.24) is 14.9 Å². The van der Waals surface area contributed by atoms with Crippen LogP contribution >= 0.6 is 0 Å². The number of H-pyrrole nitrogens is 1. The zero-order valence-electron chi connectivity index (χ0n) is 14.8. The number of benzene rings is 1. The van der Waals surface area contributed by atoms with E-state index < -0.39 is 5.60 Å². The van der Waals surface area contributed by atoms with Crippen LogP contribution in [0.1, 0.15) is 51.0 Å². The highest BCUT2D eigenvalue weighted by Gasteiger charge is 2.34. The van der Waals surface area contributed by atoms with E-state index in [-0.39, 0.29) is 12.1 Å². The molecule has 5 heteroatoms. The normalized spacial score (nSPS) is 18.0. The Morgan fingerprint density at radius 3 is 2.67 bits per heavy atom. The van der Waals surface area contributed by atoms with Crippen LogP contribution in [0.25, 0.3) is 11.3 Å². The molecule has 5 nitrogen and oxygen atoms in total. The molecule has 1 fully saturated rings. The van der Waals surface area contributed by atoms with E-state index in [1.165, 1.54) is 5.56 Å². The number of ether oxygens (including phenoxy) is 1. The topological polar surface area (TPSA) is 58.2 Å². The van der Waals surface area contributed by atoms with Crippen molar-refractivity contribution in [3.05, 3.63) is 41.9 Å². The highest BCUT2D eigenvalue weighted by atomic mass is 16.6. The van der Waals surface area contributed by atoms with Crippen LogP contribution in [0.5, 0.6) is 0 Å². The molecular formula is C19H25N3O2. The predicted octanol–water partition coefficient (Wildman–Crippen LogP) is 4.46. The Bertz CT molecular complexity index is 713. The maximum atomic E-state index is 12.4. The largest absolute Gasteiger partial charge is 0.444 e. The summed E-state index contributed by atoms with van der Waals surface area (Å²) in [7, 11) is 0. The fraction of sp³-hybridized carbons (Fsp3) is 0.474. The Hall–Kier alpha value is -2.30. The van der Waals surface area contributed by atoms with Gasteiger partial charge >= 0.3 is 6.09 Å². The van der Waals surface area contributed by atoms with Crippen LogP contribution in [-0.2, 0) is 4.74 Å². The third-order valence-corrected chi connectivity index (χ3v) is 4.15. The molecule has 0 aliphatic carbocycles. The van der Waals surface area contributed by atoms with Gasteiger partial charge in [0.1, 0.15) is 11.4 Å². The van der Waals surface area contributed by atoms with Crippen LogP contribution in [0.3, 0.4) is 0 Å². The summed E-state index contributed by atoms with van der Waals surface area (Å²) in [6.07, 6.45) is 3.44. The minimum Gasteiger partial charge on any atom is -0.444 e. The van der Waals surface area contributed by atoms with Crippen molar-refractivity contribution in [1.29, 1.82) is 0 Å². The summed E-state index contributed by atoms with van der Waals surface area (Å²) >= 11 is 0. The lowest BCUT2D eigenvalue weighted by molar-refractivity contribution is 0.0219. The molecule has 2 heterocycles. The third-order valence-electron chi connectivity index (χ3n) is 4.15. The summed E-state index contributed by atoms with van der Waals surface area (Å²) in [6, 6.07) is 8.27. The van der Waals surface area contributed by atoms with Gasteiger partial charge in [0.05, 0.1) is 17.9 Å². The van der Waals surface area contributed by atoms with Crippen LogP contribution in [0, 0.1) is 6.92 Å². The van der Waals surface area contributed by atoms with Crippen LogP contribution in [0.4, 0.5) is 4.79 Å². The summed E-state index contributed by atoms with van der Waals surface area (Å²) in [5.74, 6) is 0.828. The van der Waals surface area contributed by atoms with Gasteiger partial charge in [0, 0.05) is 6.54 Å². The minimum atomic E-state index is -0.486. The molecule has 0 unspecified atom stereocenters. The third kappa shape index (κ3) is 3.61. The zero-order chi connectivity index (χ0) is 17.3. The summed E-state index contributed by atoms with van der Waals surface area (Å²) in [5.41, 5.74) is 2.81. The van der Waals surface area contributed by atoms with Gasteiger partial charge in [-0.2, -0.15) is 0 Å². The Morgan fingerprint density at radius 2 is 2.00 bits per heavy atom. The van der Waals surface area contributed by atoms with Gasteiger partial charge < -0.3 is 9.72 Å². The fourth-order valence-corrected chi connectivity index (χ4v) is 2.98. The van der Waals surface area contributed by atoms with Crippen molar-refractivity contribution >= 4 is 6.09 Å². The molecule has 0 spiro atoms. The number of nitrogens with zero attached hydrogens (tertiary/aromatic N) is 2. The van der Waals surface area contributed by atoms with Crippen LogP contribution in [0.15, 0.2) is 30.5 Å². The second-order valence-electron chi connectivity index (χ2n) is 7.38. The fourth-order valence-electron chi connectivity index (χ4n) is 2.98. The highest BCUT2D eigenvalue weighted by Crippen LogP contribution is 2.32. The van der Waals surface area contributed by atoms with E-state index in [9.17, 15) is 4.79 Å². The molecule has 0 saturated carbocycles. The number of likely N-dealkylation sites (tertiary alicyclic amines) is 1. The average Bonchev–Trinajstić information content (AvgIpc) is 3.15. The highest BCUT2D eigenvalue weighted by molar-refractivity contribution is 5.69. The van der Waals surface area contributed by atoms with Crippen molar-refractivity contribution in [2.45, 2.75) is 52.2 Å². The Kier molecular flexibility index (Phi) is 4.35. The first-order valence-electron chi connectivity index (χ1n) is 8.45. The molecule has 1 aliphatic rings. The number of amides is 1. The molecule has 0 bridgehead atoms. The maximum Gasteiger partial charge on any atom is 0.410 e. The van der Waals surface area contributed by atoms with E-state index >= 15 is 0 Å². The number of aryl methyl sites for hydroxylation is 1. The number of hydrogen-bond donors (Lipinski definition) is 1. The summed E-state index contributed by atoms with van der Waals surface area (Å²) < 4.78 is 5.52. The van der Waals surface area contributed by atoms with E-state index in [1.54, 1.807) is 4.90 Å².